The molecule has 3 aromatic carbocycles. The number of amides is 1. The van der Waals surface area contributed by atoms with Crippen LogP contribution < -0.4 is 15.8 Å². The Morgan fingerprint density at radius 2 is 1.73 bits per heavy atom. The van der Waals surface area contributed by atoms with Crippen molar-refractivity contribution in [2.24, 2.45) is 0 Å². The number of phenols is 2. The van der Waals surface area contributed by atoms with Crippen molar-refractivity contribution >= 4 is 28.9 Å². The second kappa shape index (κ2) is 12.9. The first kappa shape index (κ1) is 34.0. The monoisotopic (exact) mass is 676 g/mol. The summed E-state index contributed by atoms with van der Waals surface area (Å²) in [5.41, 5.74) is 3.00. The van der Waals surface area contributed by atoms with E-state index in [1.54, 1.807) is 31.2 Å². The molecule has 0 aromatic heterocycles. The highest BCUT2D eigenvalue weighted by molar-refractivity contribution is 6.31. The maximum Gasteiger partial charge on any atom is 0.224 e. The van der Waals surface area contributed by atoms with E-state index in [2.05, 4.69) is 5.32 Å². The van der Waals surface area contributed by atoms with Crippen molar-refractivity contribution < 1.29 is 58.9 Å². The number of benzene rings is 3. The summed E-state index contributed by atoms with van der Waals surface area (Å²) in [6, 6.07) is 10.2. The van der Waals surface area contributed by atoms with E-state index in [0.717, 1.165) is 0 Å². The van der Waals surface area contributed by atoms with Gasteiger partial charge in [0.2, 0.25) is 11.7 Å². The quantitative estimate of drug-likeness (QED) is 0.102. The number of anilines is 1. The van der Waals surface area contributed by atoms with Gasteiger partial charge < -0.3 is 50.8 Å². The molecule has 49 heavy (non-hydrogen) atoms. The predicted molar refractivity (Wildman–Crippen MR) is 170 cm³/mol. The first-order valence-corrected chi connectivity index (χ1v) is 15.6. The Morgan fingerprint density at radius 1 is 1.04 bits per heavy atom. The Morgan fingerprint density at radius 3 is 2.41 bits per heavy atom. The van der Waals surface area contributed by atoms with Gasteiger partial charge in [-0.25, -0.2) is 0 Å². The van der Waals surface area contributed by atoms with Crippen LogP contribution >= 0.6 is 0 Å². The minimum atomic E-state index is -2.32. The zero-order valence-electron chi connectivity index (χ0n) is 26.6. The number of carbonyl (C=O) groups is 4. The summed E-state index contributed by atoms with van der Waals surface area (Å²) >= 11 is 0. The number of ether oxygens (including phenoxy) is 3. The van der Waals surface area contributed by atoms with Gasteiger partial charge in [-0.15, -0.1) is 0 Å². The molecule has 0 saturated carbocycles. The number of phenolic OH excluding ortho intramolecular Hbond substituents is 2. The summed E-state index contributed by atoms with van der Waals surface area (Å²) < 4.78 is 17.4. The molecule has 6 atom stereocenters. The molecule has 3 aromatic rings. The average molecular weight is 677 g/mol. The molecule has 0 radical (unpaired) electrons. The number of nitrogens with two attached hydrogens (primary N) is 1. The van der Waals surface area contributed by atoms with Crippen LogP contribution in [0.5, 0.6) is 17.2 Å². The van der Waals surface area contributed by atoms with Gasteiger partial charge in [-0.05, 0) is 30.7 Å². The van der Waals surface area contributed by atoms with E-state index in [0.29, 0.717) is 11.3 Å². The summed E-state index contributed by atoms with van der Waals surface area (Å²) in [6.45, 7) is 0.487. The molecular formula is C35H36N2O12. The van der Waals surface area contributed by atoms with Crippen LogP contribution in [0.2, 0.25) is 0 Å². The number of hydrogen-bond donors (Lipinski definition) is 7. The van der Waals surface area contributed by atoms with Gasteiger partial charge in [0.1, 0.15) is 35.6 Å². The third-order valence-electron chi connectivity index (χ3n) is 9.45. The van der Waals surface area contributed by atoms with Gasteiger partial charge in [0.25, 0.3) is 0 Å². The molecule has 3 aliphatic rings. The van der Waals surface area contributed by atoms with Gasteiger partial charge >= 0.3 is 0 Å². The molecule has 1 fully saturated rings. The average Bonchev–Trinajstić information content (AvgIpc) is 3.07. The molecule has 1 saturated heterocycles. The van der Waals surface area contributed by atoms with Crippen LogP contribution in [0.4, 0.5) is 5.69 Å². The molecule has 6 rings (SSSR count). The summed E-state index contributed by atoms with van der Waals surface area (Å²) in [4.78, 5) is 53.3. The molecule has 1 heterocycles. The molecule has 0 spiro atoms. The van der Waals surface area contributed by atoms with E-state index in [-0.39, 0.29) is 40.8 Å². The van der Waals surface area contributed by atoms with E-state index in [9.17, 15) is 44.7 Å². The topological polar surface area (TPSA) is 235 Å². The number of aliphatic hydroxyl groups excluding tert-OH is 2. The number of methoxy groups -OCH3 is 1. The number of hydrogen-bond acceptors (Lipinski definition) is 13. The van der Waals surface area contributed by atoms with E-state index in [4.69, 9.17) is 19.9 Å². The van der Waals surface area contributed by atoms with Crippen molar-refractivity contribution in [3.05, 3.63) is 81.4 Å². The Hall–Kier alpha value is -4.86. The summed E-state index contributed by atoms with van der Waals surface area (Å²) in [6.07, 6.45) is -5.96. The number of ketones is 3. The number of carbonyl (C=O) groups excluding carboxylic acids is 4. The van der Waals surface area contributed by atoms with Crippen molar-refractivity contribution in [3.8, 4) is 17.2 Å². The number of fused-ring (bicyclic) bond motifs is 3. The second-order valence-electron chi connectivity index (χ2n) is 12.6. The first-order valence-electron chi connectivity index (χ1n) is 15.6. The molecule has 1 amide bonds. The van der Waals surface area contributed by atoms with Crippen LogP contribution in [0.1, 0.15) is 74.4 Å². The fourth-order valence-corrected chi connectivity index (χ4v) is 6.94. The predicted octanol–water partition coefficient (Wildman–Crippen LogP) is 0.984. The van der Waals surface area contributed by atoms with Gasteiger partial charge in [0, 0.05) is 41.6 Å². The fraction of sp³-hybridized carbons (Fsp3) is 0.371. The van der Waals surface area contributed by atoms with Crippen molar-refractivity contribution in [1.82, 2.24) is 5.32 Å². The zero-order valence-corrected chi connectivity index (χ0v) is 26.6. The normalized spacial score (nSPS) is 25.9. The second-order valence-corrected chi connectivity index (χ2v) is 12.6. The van der Waals surface area contributed by atoms with Gasteiger partial charge in [-0.1, -0.05) is 24.3 Å². The van der Waals surface area contributed by atoms with Crippen LogP contribution in [0.25, 0.3) is 0 Å². The molecular weight excluding hydrogens is 640 g/mol. The lowest BCUT2D eigenvalue weighted by Gasteiger charge is -2.43. The van der Waals surface area contributed by atoms with Crippen molar-refractivity contribution in [2.75, 3.05) is 19.5 Å². The number of nitrogens with one attached hydrogen (secondary N) is 1. The molecule has 2 aliphatic carbocycles. The Bertz CT molecular complexity index is 1860. The van der Waals surface area contributed by atoms with E-state index in [1.165, 1.54) is 25.3 Å². The third-order valence-corrected chi connectivity index (χ3v) is 9.45. The van der Waals surface area contributed by atoms with Crippen molar-refractivity contribution in [2.45, 2.75) is 68.9 Å². The van der Waals surface area contributed by atoms with E-state index in [1.807, 2.05) is 0 Å². The minimum absolute atomic E-state index is 0.00448. The van der Waals surface area contributed by atoms with Crippen molar-refractivity contribution in [3.63, 3.8) is 0 Å². The third kappa shape index (κ3) is 5.91. The van der Waals surface area contributed by atoms with Crippen LogP contribution in [0, 0.1) is 0 Å². The lowest BCUT2D eigenvalue weighted by atomic mass is 9.72. The largest absolute Gasteiger partial charge is 0.507 e. The van der Waals surface area contributed by atoms with E-state index >= 15 is 0 Å². The smallest absolute Gasteiger partial charge is 0.224 e. The maximum absolute atomic E-state index is 13.9. The van der Waals surface area contributed by atoms with Gasteiger partial charge in [0.15, 0.2) is 17.9 Å². The number of aliphatic hydroxyl groups is 3. The van der Waals surface area contributed by atoms with Gasteiger partial charge in [-0.2, -0.15) is 0 Å². The molecule has 1 aliphatic heterocycles. The van der Waals surface area contributed by atoms with Crippen molar-refractivity contribution in [1.29, 1.82) is 0 Å². The molecule has 8 N–H and O–H groups in total. The Labute approximate surface area is 280 Å². The number of Topliss-reactive ketones (excluding diaryl/α,β-unsaturated/α-hetero) is 1. The molecule has 4 unspecified atom stereocenters. The van der Waals surface area contributed by atoms with E-state index < -0.39 is 102 Å². The number of nitrogen functional groups attached to an aromatic ring is 1. The van der Waals surface area contributed by atoms with Crippen LogP contribution in [-0.4, -0.2) is 92.6 Å². The standard InChI is InChI=1S/C35H36N2O12/c1-15-30(41)20(37-24(40)10-16-6-8-17(36)9-7-16)11-25(48-15)49-22-13-35(46,23(39)14-38)12-19-27(22)34(45)29-28(32(19)43)31(42)18-4-3-5-21(47-2)26(18)33(29)44/h3-9,15,20,22,25,30,38,41,43,45-46H,10-14,36H2,1-2H3,(H,37,40)/t15?,20?,22-,25?,30?,35-/m0/s1. The lowest BCUT2D eigenvalue weighted by molar-refractivity contribution is -0.249. The maximum atomic E-state index is 13.9. The summed E-state index contributed by atoms with van der Waals surface area (Å²) in [5.74, 6) is -4.40. The summed E-state index contributed by atoms with van der Waals surface area (Å²) in [5, 5.41) is 58.1. The zero-order chi connectivity index (χ0) is 35.4. The van der Waals surface area contributed by atoms with Gasteiger partial charge in [0.05, 0.1) is 48.5 Å². The first-order chi connectivity index (χ1) is 23.3. The lowest BCUT2D eigenvalue weighted by Crippen LogP contribution is -2.56. The highest BCUT2D eigenvalue weighted by Crippen LogP contribution is 2.52. The number of rotatable bonds is 8. The van der Waals surface area contributed by atoms with Crippen LogP contribution in [0.3, 0.4) is 0 Å². The Balaban J connectivity index is 1.36. The number of aromatic hydroxyl groups is 2. The molecule has 14 heteroatoms. The van der Waals surface area contributed by atoms with Gasteiger partial charge in [-0.3, -0.25) is 19.2 Å². The highest BCUT2D eigenvalue weighted by atomic mass is 16.7. The van der Waals surface area contributed by atoms with Crippen LogP contribution in [-0.2, 0) is 31.9 Å². The molecule has 14 nitrogen and oxygen atoms in total. The highest BCUT2D eigenvalue weighted by Gasteiger charge is 2.50. The minimum Gasteiger partial charge on any atom is -0.507 e. The van der Waals surface area contributed by atoms with Crippen LogP contribution in [0.15, 0.2) is 42.5 Å². The Kier molecular flexibility index (Phi) is 8.94. The summed E-state index contributed by atoms with van der Waals surface area (Å²) in [7, 11) is 1.31. The molecule has 258 valence electrons. The SMILES string of the molecule is COc1cccc2c1C(=O)c1c(O)c3c(c(O)c1C2=O)C[C@@](O)(C(=O)CO)C[C@@H]3OC1CC(NC(=O)Cc2ccc(N)cc2)C(O)C(C)O1. The molecule has 0 bridgehead atoms. The fourth-order valence-electron chi connectivity index (χ4n) is 6.94.